The van der Waals surface area contributed by atoms with Crippen LogP contribution in [0.2, 0.25) is 0 Å². The van der Waals surface area contributed by atoms with Crippen LogP contribution in [0.15, 0.2) is 10.5 Å². The Morgan fingerprint density at radius 3 is 2.58 bits per heavy atom. The SMILES string of the molecule is Cc1oc(C(=O)O)cc1CNCC(O)CC(C)(C)C. The van der Waals surface area contributed by atoms with E-state index in [2.05, 4.69) is 26.1 Å². The monoisotopic (exact) mass is 269 g/mol. The minimum absolute atomic E-state index is 0.0514. The number of carbonyl (C=O) groups is 1. The number of furan rings is 1. The fraction of sp³-hybridized carbons (Fsp3) is 0.643. The second-order valence-electron chi connectivity index (χ2n) is 6.05. The van der Waals surface area contributed by atoms with Crippen molar-refractivity contribution in [1.82, 2.24) is 5.32 Å². The van der Waals surface area contributed by atoms with E-state index in [0.29, 0.717) is 25.3 Å². The van der Waals surface area contributed by atoms with Gasteiger partial charge in [-0.15, -0.1) is 0 Å². The summed E-state index contributed by atoms with van der Waals surface area (Å²) in [5.74, 6) is -0.526. The number of aliphatic hydroxyl groups excluding tert-OH is 1. The number of hydrogen-bond acceptors (Lipinski definition) is 4. The second kappa shape index (κ2) is 6.21. The van der Waals surface area contributed by atoms with Gasteiger partial charge < -0.3 is 19.9 Å². The van der Waals surface area contributed by atoms with Gasteiger partial charge in [-0.3, -0.25) is 0 Å². The van der Waals surface area contributed by atoms with E-state index in [1.165, 1.54) is 6.07 Å². The summed E-state index contributed by atoms with van der Waals surface area (Å²) in [4.78, 5) is 10.8. The highest BCUT2D eigenvalue weighted by molar-refractivity contribution is 5.84. The normalized spacial score (nSPS) is 13.5. The molecule has 0 fully saturated rings. The van der Waals surface area contributed by atoms with Crippen molar-refractivity contribution in [3.8, 4) is 0 Å². The standard InChI is InChI=1S/C14H23NO4/c1-9-10(5-12(19-9)13(17)18)7-15-8-11(16)6-14(2,3)4/h5,11,15-16H,6-8H2,1-4H3,(H,17,18). The number of aryl methyl sites for hydroxylation is 1. The summed E-state index contributed by atoms with van der Waals surface area (Å²) >= 11 is 0. The van der Waals surface area contributed by atoms with E-state index in [4.69, 9.17) is 9.52 Å². The minimum atomic E-state index is -1.07. The highest BCUT2D eigenvalue weighted by atomic mass is 16.4. The van der Waals surface area contributed by atoms with Crippen LogP contribution >= 0.6 is 0 Å². The Bertz CT molecular complexity index is 431. The highest BCUT2D eigenvalue weighted by Crippen LogP contribution is 2.20. The maximum absolute atomic E-state index is 10.8. The predicted molar refractivity (Wildman–Crippen MR) is 72.2 cm³/mol. The third-order valence-corrected chi connectivity index (χ3v) is 2.77. The number of carboxylic acids is 1. The number of hydrogen-bond donors (Lipinski definition) is 3. The lowest BCUT2D eigenvalue weighted by Gasteiger charge is -2.22. The zero-order chi connectivity index (χ0) is 14.6. The number of carboxylic acid groups (broad SMARTS) is 1. The molecule has 0 radical (unpaired) electrons. The van der Waals surface area contributed by atoms with Gasteiger partial charge in [0.1, 0.15) is 5.76 Å². The third-order valence-electron chi connectivity index (χ3n) is 2.77. The molecular formula is C14H23NO4. The highest BCUT2D eigenvalue weighted by Gasteiger charge is 2.17. The van der Waals surface area contributed by atoms with E-state index in [1.54, 1.807) is 6.92 Å². The Labute approximate surface area is 113 Å². The van der Waals surface area contributed by atoms with Crippen LogP contribution in [-0.4, -0.2) is 28.8 Å². The van der Waals surface area contributed by atoms with Gasteiger partial charge in [0, 0.05) is 18.7 Å². The lowest BCUT2D eigenvalue weighted by atomic mass is 9.89. The molecule has 0 bridgehead atoms. The van der Waals surface area contributed by atoms with E-state index in [1.807, 2.05) is 0 Å². The lowest BCUT2D eigenvalue weighted by Crippen LogP contribution is -2.29. The molecule has 19 heavy (non-hydrogen) atoms. The largest absolute Gasteiger partial charge is 0.475 e. The smallest absolute Gasteiger partial charge is 0.371 e. The summed E-state index contributed by atoms with van der Waals surface area (Å²) in [6.07, 6.45) is 0.302. The van der Waals surface area contributed by atoms with Crippen LogP contribution in [0.4, 0.5) is 0 Å². The van der Waals surface area contributed by atoms with Crippen LogP contribution in [-0.2, 0) is 6.54 Å². The summed E-state index contributed by atoms with van der Waals surface area (Å²) in [6, 6.07) is 1.51. The van der Waals surface area contributed by atoms with Crippen molar-refractivity contribution in [1.29, 1.82) is 0 Å². The molecule has 0 aliphatic carbocycles. The average molecular weight is 269 g/mol. The molecule has 0 saturated carbocycles. The molecule has 1 rings (SSSR count). The predicted octanol–water partition coefficient (Wildman–Crippen LogP) is 2.17. The quantitative estimate of drug-likeness (QED) is 0.737. The molecule has 1 atom stereocenters. The Morgan fingerprint density at radius 2 is 2.11 bits per heavy atom. The molecule has 108 valence electrons. The first kappa shape index (κ1) is 15.7. The molecule has 1 heterocycles. The van der Waals surface area contributed by atoms with Gasteiger partial charge in [-0.2, -0.15) is 0 Å². The van der Waals surface area contributed by atoms with E-state index >= 15 is 0 Å². The van der Waals surface area contributed by atoms with Gasteiger partial charge in [-0.05, 0) is 24.8 Å². The van der Waals surface area contributed by atoms with Crippen molar-refractivity contribution in [2.24, 2.45) is 5.41 Å². The van der Waals surface area contributed by atoms with E-state index in [9.17, 15) is 9.90 Å². The van der Waals surface area contributed by atoms with Crippen molar-refractivity contribution >= 4 is 5.97 Å². The van der Waals surface area contributed by atoms with Gasteiger partial charge >= 0.3 is 5.97 Å². The molecule has 0 aromatic carbocycles. The Kier molecular flexibility index (Phi) is 5.14. The molecule has 1 unspecified atom stereocenters. The molecule has 1 aromatic heterocycles. The first-order valence-electron chi connectivity index (χ1n) is 6.40. The van der Waals surface area contributed by atoms with Crippen LogP contribution in [0.1, 0.15) is 49.1 Å². The van der Waals surface area contributed by atoms with Crippen LogP contribution in [0.25, 0.3) is 0 Å². The number of aromatic carboxylic acids is 1. The Balaban J connectivity index is 2.43. The first-order chi connectivity index (χ1) is 8.69. The van der Waals surface area contributed by atoms with Gasteiger partial charge in [-0.1, -0.05) is 20.8 Å². The Morgan fingerprint density at radius 1 is 1.47 bits per heavy atom. The molecule has 0 aliphatic heterocycles. The molecule has 0 spiro atoms. The van der Waals surface area contributed by atoms with Crippen LogP contribution in [0.5, 0.6) is 0 Å². The maximum atomic E-state index is 10.8. The summed E-state index contributed by atoms with van der Waals surface area (Å²) in [6.45, 7) is 8.93. The summed E-state index contributed by atoms with van der Waals surface area (Å²) in [5.41, 5.74) is 0.892. The van der Waals surface area contributed by atoms with E-state index < -0.39 is 12.1 Å². The van der Waals surface area contributed by atoms with Crippen molar-refractivity contribution in [2.45, 2.75) is 46.8 Å². The molecule has 5 nitrogen and oxygen atoms in total. The molecule has 0 saturated heterocycles. The lowest BCUT2D eigenvalue weighted by molar-refractivity contribution is 0.0661. The number of rotatable bonds is 6. The van der Waals surface area contributed by atoms with E-state index in [-0.39, 0.29) is 11.2 Å². The summed E-state index contributed by atoms with van der Waals surface area (Å²) in [5, 5.41) is 21.8. The van der Waals surface area contributed by atoms with Crippen LogP contribution < -0.4 is 5.32 Å². The van der Waals surface area contributed by atoms with Crippen LogP contribution in [0, 0.1) is 12.3 Å². The maximum Gasteiger partial charge on any atom is 0.371 e. The van der Waals surface area contributed by atoms with Crippen molar-refractivity contribution in [3.63, 3.8) is 0 Å². The molecule has 5 heteroatoms. The van der Waals surface area contributed by atoms with Crippen molar-refractivity contribution in [2.75, 3.05) is 6.54 Å². The first-order valence-corrected chi connectivity index (χ1v) is 6.40. The molecule has 1 aromatic rings. The zero-order valence-corrected chi connectivity index (χ0v) is 12.0. The summed E-state index contributed by atoms with van der Waals surface area (Å²) < 4.78 is 5.11. The number of aliphatic hydroxyl groups is 1. The van der Waals surface area contributed by atoms with Crippen molar-refractivity contribution in [3.05, 3.63) is 23.2 Å². The molecule has 0 aliphatic rings. The Hall–Kier alpha value is -1.33. The topological polar surface area (TPSA) is 82.7 Å². The van der Waals surface area contributed by atoms with Crippen LogP contribution in [0.3, 0.4) is 0 Å². The number of nitrogens with one attached hydrogen (secondary N) is 1. The van der Waals surface area contributed by atoms with E-state index in [0.717, 1.165) is 5.56 Å². The second-order valence-corrected chi connectivity index (χ2v) is 6.05. The van der Waals surface area contributed by atoms with Gasteiger partial charge in [0.25, 0.3) is 0 Å². The van der Waals surface area contributed by atoms with Gasteiger partial charge in [0.05, 0.1) is 6.10 Å². The van der Waals surface area contributed by atoms with Gasteiger partial charge in [0.15, 0.2) is 0 Å². The van der Waals surface area contributed by atoms with Gasteiger partial charge in [0.2, 0.25) is 5.76 Å². The molecule has 0 amide bonds. The molecule has 3 N–H and O–H groups in total. The van der Waals surface area contributed by atoms with Crippen molar-refractivity contribution < 1.29 is 19.4 Å². The third kappa shape index (κ3) is 5.44. The fourth-order valence-electron chi connectivity index (χ4n) is 1.95. The van der Waals surface area contributed by atoms with Gasteiger partial charge in [-0.25, -0.2) is 4.79 Å². The minimum Gasteiger partial charge on any atom is -0.475 e. The fourth-order valence-corrected chi connectivity index (χ4v) is 1.95. The average Bonchev–Trinajstić information content (AvgIpc) is 2.58. The molecular weight excluding hydrogens is 246 g/mol. The zero-order valence-electron chi connectivity index (χ0n) is 12.0. The summed E-state index contributed by atoms with van der Waals surface area (Å²) in [7, 11) is 0.